The minimum atomic E-state index is -2.90. The lowest BCUT2D eigenvalue weighted by atomic mass is 10.2. The van der Waals surface area contributed by atoms with Gasteiger partial charge in [0.05, 0.1) is 18.6 Å². The predicted octanol–water partition coefficient (Wildman–Crippen LogP) is 0.761. The second-order valence-corrected chi connectivity index (χ2v) is 9.69. The number of aliphatic hydroxyl groups is 1. The molecule has 2 fully saturated rings. The van der Waals surface area contributed by atoms with Crippen molar-refractivity contribution >= 4 is 9.84 Å². The van der Waals surface area contributed by atoms with Crippen LogP contribution in [0.5, 0.6) is 11.5 Å². The van der Waals surface area contributed by atoms with E-state index in [1.807, 2.05) is 23.1 Å². The second-order valence-electron chi connectivity index (χ2n) is 7.39. The molecule has 1 aromatic carbocycles. The minimum absolute atomic E-state index is 0.144. The van der Waals surface area contributed by atoms with E-state index in [-0.39, 0.29) is 18.1 Å². The summed E-state index contributed by atoms with van der Waals surface area (Å²) < 4.78 is 34.2. The first-order chi connectivity index (χ1) is 12.9. The van der Waals surface area contributed by atoms with Gasteiger partial charge in [-0.3, -0.25) is 9.80 Å². The minimum Gasteiger partial charge on any atom is -0.493 e. The Morgan fingerprint density at radius 1 is 1.07 bits per heavy atom. The number of hydrogen-bond donors (Lipinski definition) is 1. The average molecular weight is 399 g/mol. The normalized spacial score (nSPS) is 21.9. The quantitative estimate of drug-likeness (QED) is 0.693. The standard InChI is InChI=1S/C19H30N2O5S/c1-25-19-12-16(13-20-6-2-3-7-20)4-5-18(19)26-15-17(22)14-21-8-10-27(23,24)11-9-21/h4-5,12,17,22H,2-3,6-11,13-15H2,1H3. The molecule has 0 amide bonds. The van der Waals surface area contributed by atoms with Crippen LogP contribution in [0.15, 0.2) is 18.2 Å². The third-order valence-electron chi connectivity index (χ3n) is 5.17. The molecule has 152 valence electrons. The molecule has 1 aromatic rings. The van der Waals surface area contributed by atoms with Crippen LogP contribution in [0.1, 0.15) is 18.4 Å². The summed E-state index contributed by atoms with van der Waals surface area (Å²) in [4.78, 5) is 4.39. The van der Waals surface area contributed by atoms with Crippen molar-refractivity contribution < 1.29 is 23.0 Å². The Bertz CT molecular complexity index is 705. The van der Waals surface area contributed by atoms with Crippen molar-refractivity contribution in [3.05, 3.63) is 23.8 Å². The van der Waals surface area contributed by atoms with E-state index in [1.165, 1.54) is 18.4 Å². The molecule has 0 saturated carbocycles. The SMILES string of the molecule is COc1cc(CN2CCCC2)ccc1OCC(O)CN1CCS(=O)(=O)CC1. The Morgan fingerprint density at radius 3 is 2.44 bits per heavy atom. The van der Waals surface area contributed by atoms with Crippen LogP contribution in [-0.2, 0) is 16.4 Å². The largest absolute Gasteiger partial charge is 0.493 e. The van der Waals surface area contributed by atoms with Gasteiger partial charge >= 0.3 is 0 Å². The number of rotatable bonds is 8. The molecule has 3 rings (SSSR count). The van der Waals surface area contributed by atoms with Crippen molar-refractivity contribution in [2.24, 2.45) is 0 Å². The van der Waals surface area contributed by atoms with Crippen LogP contribution in [0.3, 0.4) is 0 Å². The first kappa shape index (κ1) is 20.4. The van der Waals surface area contributed by atoms with Crippen molar-refractivity contribution in [3.63, 3.8) is 0 Å². The number of sulfone groups is 1. The lowest BCUT2D eigenvalue weighted by Gasteiger charge is -2.28. The van der Waals surface area contributed by atoms with E-state index in [9.17, 15) is 13.5 Å². The summed E-state index contributed by atoms with van der Waals surface area (Å²) in [5.41, 5.74) is 1.19. The third kappa shape index (κ3) is 6.07. The monoisotopic (exact) mass is 398 g/mol. The van der Waals surface area contributed by atoms with Crippen molar-refractivity contribution in [3.8, 4) is 11.5 Å². The van der Waals surface area contributed by atoms with Crippen molar-refractivity contribution in [1.29, 1.82) is 0 Å². The van der Waals surface area contributed by atoms with E-state index in [0.29, 0.717) is 31.1 Å². The molecule has 0 aromatic heterocycles. The lowest BCUT2D eigenvalue weighted by Crippen LogP contribution is -2.44. The van der Waals surface area contributed by atoms with Crippen LogP contribution in [0.25, 0.3) is 0 Å². The van der Waals surface area contributed by atoms with Crippen LogP contribution in [-0.4, -0.2) is 87.4 Å². The van der Waals surface area contributed by atoms with E-state index >= 15 is 0 Å². The summed E-state index contributed by atoms with van der Waals surface area (Å²) in [7, 11) is -1.29. The van der Waals surface area contributed by atoms with Gasteiger partial charge in [-0.15, -0.1) is 0 Å². The maximum absolute atomic E-state index is 11.5. The van der Waals surface area contributed by atoms with Crippen LogP contribution >= 0.6 is 0 Å². The average Bonchev–Trinajstić information content (AvgIpc) is 3.15. The van der Waals surface area contributed by atoms with E-state index in [0.717, 1.165) is 19.6 Å². The molecule has 27 heavy (non-hydrogen) atoms. The lowest BCUT2D eigenvalue weighted by molar-refractivity contribution is 0.0699. The molecule has 7 nitrogen and oxygen atoms in total. The van der Waals surface area contributed by atoms with Gasteiger partial charge in [-0.05, 0) is 43.6 Å². The number of likely N-dealkylation sites (tertiary alicyclic amines) is 1. The zero-order valence-corrected chi connectivity index (χ0v) is 16.8. The molecule has 2 aliphatic heterocycles. The van der Waals surface area contributed by atoms with Gasteiger partial charge in [-0.1, -0.05) is 6.07 Å². The fraction of sp³-hybridized carbons (Fsp3) is 0.684. The number of nitrogens with zero attached hydrogens (tertiary/aromatic N) is 2. The van der Waals surface area contributed by atoms with Gasteiger partial charge in [0.1, 0.15) is 12.7 Å². The maximum atomic E-state index is 11.5. The fourth-order valence-corrected chi connectivity index (χ4v) is 4.87. The van der Waals surface area contributed by atoms with Crippen molar-refractivity contribution in [2.75, 3.05) is 57.9 Å². The van der Waals surface area contributed by atoms with Crippen LogP contribution in [0, 0.1) is 0 Å². The van der Waals surface area contributed by atoms with Crippen molar-refractivity contribution in [2.45, 2.75) is 25.5 Å². The van der Waals surface area contributed by atoms with E-state index in [2.05, 4.69) is 4.90 Å². The Hall–Kier alpha value is -1.35. The summed E-state index contributed by atoms with van der Waals surface area (Å²) >= 11 is 0. The molecule has 2 heterocycles. The molecule has 1 N–H and O–H groups in total. The van der Waals surface area contributed by atoms with E-state index in [4.69, 9.17) is 9.47 Å². The summed E-state index contributed by atoms with van der Waals surface area (Å²) in [5.74, 6) is 1.60. The predicted molar refractivity (Wildman–Crippen MR) is 104 cm³/mol. The van der Waals surface area contributed by atoms with E-state index < -0.39 is 15.9 Å². The Labute approximate surface area is 161 Å². The molecule has 0 spiro atoms. The topological polar surface area (TPSA) is 79.3 Å². The molecule has 1 unspecified atom stereocenters. The highest BCUT2D eigenvalue weighted by molar-refractivity contribution is 7.91. The zero-order valence-electron chi connectivity index (χ0n) is 16.0. The molecule has 0 bridgehead atoms. The zero-order chi connectivity index (χ0) is 19.3. The molecule has 0 radical (unpaired) electrons. The fourth-order valence-electron chi connectivity index (χ4n) is 3.60. The molecule has 1 atom stereocenters. The third-order valence-corrected chi connectivity index (χ3v) is 6.78. The number of hydrogen-bond acceptors (Lipinski definition) is 7. The smallest absolute Gasteiger partial charge is 0.161 e. The molecule has 2 saturated heterocycles. The highest BCUT2D eigenvalue weighted by atomic mass is 32.2. The molecular weight excluding hydrogens is 368 g/mol. The molecule has 0 aliphatic carbocycles. The Morgan fingerprint density at radius 2 is 1.78 bits per heavy atom. The number of benzene rings is 1. The van der Waals surface area contributed by atoms with Gasteiger partial charge in [0.25, 0.3) is 0 Å². The van der Waals surface area contributed by atoms with Gasteiger partial charge in [-0.2, -0.15) is 0 Å². The summed E-state index contributed by atoms with van der Waals surface area (Å²) in [5, 5.41) is 10.2. The number of ether oxygens (including phenoxy) is 2. The highest BCUT2D eigenvalue weighted by Gasteiger charge is 2.23. The summed E-state index contributed by atoms with van der Waals surface area (Å²) in [6.07, 6.45) is 1.85. The molecular formula is C19H30N2O5S. The van der Waals surface area contributed by atoms with E-state index in [1.54, 1.807) is 7.11 Å². The first-order valence-corrected chi connectivity index (χ1v) is 11.4. The Kier molecular flexibility index (Phi) is 6.97. The number of β-amino-alcohol motifs (C(OH)–C–C–N with tert-alkyl or cyclic N) is 1. The molecule has 2 aliphatic rings. The summed E-state index contributed by atoms with van der Waals surface area (Å²) in [6, 6.07) is 5.93. The summed E-state index contributed by atoms with van der Waals surface area (Å²) in [6.45, 7) is 4.68. The molecule has 8 heteroatoms. The first-order valence-electron chi connectivity index (χ1n) is 9.58. The number of methoxy groups -OCH3 is 1. The highest BCUT2D eigenvalue weighted by Crippen LogP contribution is 2.29. The van der Waals surface area contributed by atoms with Crippen LogP contribution in [0.4, 0.5) is 0 Å². The number of aliphatic hydroxyl groups excluding tert-OH is 1. The second kappa shape index (κ2) is 9.23. The van der Waals surface area contributed by atoms with Gasteiger partial charge in [0.2, 0.25) is 0 Å². The van der Waals surface area contributed by atoms with Crippen LogP contribution in [0.2, 0.25) is 0 Å². The van der Waals surface area contributed by atoms with Crippen molar-refractivity contribution in [1.82, 2.24) is 9.80 Å². The van der Waals surface area contributed by atoms with Gasteiger partial charge in [0.15, 0.2) is 21.3 Å². The van der Waals surface area contributed by atoms with Crippen LogP contribution < -0.4 is 9.47 Å². The Balaban J connectivity index is 1.49. The van der Waals surface area contributed by atoms with Gasteiger partial charge in [0, 0.05) is 26.2 Å². The van der Waals surface area contributed by atoms with Gasteiger partial charge in [-0.25, -0.2) is 8.42 Å². The maximum Gasteiger partial charge on any atom is 0.161 e. The van der Waals surface area contributed by atoms with Gasteiger partial charge < -0.3 is 14.6 Å².